The summed E-state index contributed by atoms with van der Waals surface area (Å²) < 4.78 is 11.0. The number of halogens is 1. The summed E-state index contributed by atoms with van der Waals surface area (Å²) in [6.07, 6.45) is 0. The lowest BCUT2D eigenvalue weighted by Crippen LogP contribution is -2.48. The molecule has 0 atom stereocenters. The summed E-state index contributed by atoms with van der Waals surface area (Å²) in [7, 11) is 1.65. The van der Waals surface area contributed by atoms with Crippen molar-refractivity contribution in [1.82, 2.24) is 5.32 Å². The van der Waals surface area contributed by atoms with Crippen LogP contribution in [0.25, 0.3) is 0 Å². The summed E-state index contributed by atoms with van der Waals surface area (Å²) in [6.45, 7) is 7.64. The van der Waals surface area contributed by atoms with Gasteiger partial charge >= 0.3 is 0 Å². The third kappa shape index (κ3) is 6.07. The number of likely N-dealkylation sites (N-methyl/N-ethyl adjacent to an activating group) is 1. The van der Waals surface area contributed by atoms with Gasteiger partial charge in [0, 0.05) is 30.3 Å². The van der Waals surface area contributed by atoms with E-state index in [2.05, 4.69) is 17.1 Å². The summed E-state index contributed by atoms with van der Waals surface area (Å²) in [5.74, 6) is 1.26. The minimum atomic E-state index is -0.981. The topological polar surface area (TPSA) is 50.8 Å². The van der Waals surface area contributed by atoms with Crippen LogP contribution < -0.4 is 19.7 Å². The van der Waals surface area contributed by atoms with E-state index in [1.807, 2.05) is 24.3 Å². The van der Waals surface area contributed by atoms with E-state index >= 15 is 0 Å². The summed E-state index contributed by atoms with van der Waals surface area (Å²) in [5, 5.41) is 3.58. The van der Waals surface area contributed by atoms with Crippen LogP contribution in [0.3, 0.4) is 0 Å². The van der Waals surface area contributed by atoms with Gasteiger partial charge in [-0.3, -0.25) is 4.79 Å². The third-order valence-corrected chi connectivity index (χ3v) is 4.47. The smallest absolute Gasteiger partial charge is 0.263 e. The van der Waals surface area contributed by atoms with Crippen molar-refractivity contribution in [2.75, 3.05) is 31.6 Å². The Morgan fingerprint density at radius 3 is 2.22 bits per heavy atom. The third-order valence-electron chi connectivity index (χ3n) is 4.22. The molecule has 146 valence electrons. The normalized spacial score (nSPS) is 11.0. The zero-order chi connectivity index (χ0) is 19.9. The van der Waals surface area contributed by atoms with E-state index < -0.39 is 5.60 Å². The monoisotopic (exact) mass is 390 g/mol. The van der Waals surface area contributed by atoms with Crippen LogP contribution >= 0.6 is 11.6 Å². The van der Waals surface area contributed by atoms with Crippen molar-refractivity contribution in [3.05, 3.63) is 53.6 Å². The number of rotatable bonds is 9. The molecule has 0 spiro atoms. The van der Waals surface area contributed by atoms with Crippen molar-refractivity contribution in [2.45, 2.75) is 26.4 Å². The molecule has 0 bridgehead atoms. The van der Waals surface area contributed by atoms with Gasteiger partial charge in [-0.25, -0.2) is 0 Å². The SMILES string of the molecule is CCN(CCNC(=O)C(C)(C)Oc1ccc(Cl)cc1)c1ccc(OC)cc1. The Labute approximate surface area is 166 Å². The zero-order valence-electron chi connectivity index (χ0n) is 16.3. The number of anilines is 1. The molecule has 0 unspecified atom stereocenters. The fourth-order valence-corrected chi connectivity index (χ4v) is 2.75. The summed E-state index contributed by atoms with van der Waals surface area (Å²) >= 11 is 5.88. The van der Waals surface area contributed by atoms with Gasteiger partial charge in [0.15, 0.2) is 5.60 Å². The van der Waals surface area contributed by atoms with E-state index in [-0.39, 0.29) is 5.91 Å². The number of ether oxygens (including phenoxy) is 2. The number of nitrogens with one attached hydrogen (secondary N) is 1. The van der Waals surface area contributed by atoms with E-state index in [1.165, 1.54) is 0 Å². The van der Waals surface area contributed by atoms with Gasteiger partial charge in [-0.1, -0.05) is 11.6 Å². The molecule has 5 nitrogen and oxygen atoms in total. The van der Waals surface area contributed by atoms with E-state index in [0.717, 1.165) is 18.0 Å². The van der Waals surface area contributed by atoms with Gasteiger partial charge < -0.3 is 19.7 Å². The zero-order valence-corrected chi connectivity index (χ0v) is 17.0. The molecule has 0 aliphatic carbocycles. The molecule has 27 heavy (non-hydrogen) atoms. The van der Waals surface area contributed by atoms with Crippen LogP contribution in [-0.4, -0.2) is 38.3 Å². The second-order valence-electron chi connectivity index (χ2n) is 6.60. The number of carbonyl (C=O) groups excluding carboxylic acids is 1. The van der Waals surface area contributed by atoms with Crippen LogP contribution in [0.2, 0.25) is 5.02 Å². The Morgan fingerprint density at radius 1 is 1.07 bits per heavy atom. The molecule has 2 aromatic carbocycles. The van der Waals surface area contributed by atoms with Crippen molar-refractivity contribution < 1.29 is 14.3 Å². The van der Waals surface area contributed by atoms with Gasteiger partial charge in [0.05, 0.1) is 7.11 Å². The van der Waals surface area contributed by atoms with E-state index in [0.29, 0.717) is 23.9 Å². The van der Waals surface area contributed by atoms with Crippen LogP contribution in [0.5, 0.6) is 11.5 Å². The molecule has 2 rings (SSSR count). The number of benzene rings is 2. The highest BCUT2D eigenvalue weighted by Crippen LogP contribution is 2.21. The Bertz CT molecular complexity index is 730. The Morgan fingerprint density at radius 2 is 1.67 bits per heavy atom. The predicted octanol–water partition coefficient (Wildman–Crippen LogP) is 4.15. The van der Waals surface area contributed by atoms with E-state index in [9.17, 15) is 4.79 Å². The average Bonchev–Trinajstić information content (AvgIpc) is 2.67. The lowest BCUT2D eigenvalue weighted by atomic mass is 10.1. The maximum Gasteiger partial charge on any atom is 0.263 e. The fourth-order valence-electron chi connectivity index (χ4n) is 2.62. The first-order valence-electron chi connectivity index (χ1n) is 8.97. The molecular weight excluding hydrogens is 364 g/mol. The minimum Gasteiger partial charge on any atom is -0.497 e. The number of hydrogen-bond donors (Lipinski definition) is 1. The molecule has 0 aliphatic rings. The van der Waals surface area contributed by atoms with Crippen LogP contribution in [0, 0.1) is 0 Å². The summed E-state index contributed by atoms with van der Waals surface area (Å²) in [6, 6.07) is 14.9. The van der Waals surface area contributed by atoms with Crippen LogP contribution in [0.4, 0.5) is 5.69 Å². The molecule has 1 N–H and O–H groups in total. The van der Waals surface area contributed by atoms with Gasteiger partial charge in [-0.15, -0.1) is 0 Å². The molecule has 6 heteroatoms. The molecule has 0 aliphatic heterocycles. The number of hydrogen-bond acceptors (Lipinski definition) is 4. The van der Waals surface area contributed by atoms with Gasteiger partial charge in [0.1, 0.15) is 11.5 Å². The predicted molar refractivity (Wildman–Crippen MR) is 110 cm³/mol. The molecule has 0 heterocycles. The Balaban J connectivity index is 1.87. The van der Waals surface area contributed by atoms with Crippen molar-refractivity contribution >= 4 is 23.2 Å². The second kappa shape index (κ2) is 9.51. The largest absolute Gasteiger partial charge is 0.497 e. The first kappa shape index (κ1) is 20.9. The standard InChI is InChI=1S/C21H27ClN2O3/c1-5-24(17-8-12-18(26-4)13-9-17)15-14-23-20(25)21(2,3)27-19-10-6-16(22)7-11-19/h6-13H,5,14-15H2,1-4H3,(H,23,25). The van der Waals surface area contributed by atoms with Gasteiger partial charge in [0.2, 0.25) is 0 Å². The second-order valence-corrected chi connectivity index (χ2v) is 7.04. The number of nitrogens with zero attached hydrogens (tertiary/aromatic N) is 1. The van der Waals surface area contributed by atoms with Crippen molar-refractivity contribution in [3.63, 3.8) is 0 Å². The Hall–Kier alpha value is -2.40. The molecule has 0 saturated carbocycles. The molecule has 1 amide bonds. The number of carbonyl (C=O) groups is 1. The highest BCUT2D eigenvalue weighted by Gasteiger charge is 2.29. The maximum absolute atomic E-state index is 12.5. The number of amides is 1. The first-order valence-corrected chi connectivity index (χ1v) is 9.35. The maximum atomic E-state index is 12.5. The highest BCUT2D eigenvalue weighted by atomic mass is 35.5. The fraction of sp³-hybridized carbons (Fsp3) is 0.381. The van der Waals surface area contributed by atoms with Crippen molar-refractivity contribution in [2.24, 2.45) is 0 Å². The molecule has 0 fully saturated rings. The summed E-state index contributed by atoms with van der Waals surface area (Å²) in [4.78, 5) is 14.7. The lowest BCUT2D eigenvalue weighted by molar-refractivity contribution is -0.134. The molecular formula is C21H27ClN2O3. The Kier molecular flexibility index (Phi) is 7.36. The lowest BCUT2D eigenvalue weighted by Gasteiger charge is -2.27. The minimum absolute atomic E-state index is 0.164. The van der Waals surface area contributed by atoms with Crippen LogP contribution in [0.1, 0.15) is 20.8 Å². The van der Waals surface area contributed by atoms with Crippen LogP contribution in [-0.2, 0) is 4.79 Å². The van der Waals surface area contributed by atoms with Crippen LogP contribution in [0.15, 0.2) is 48.5 Å². The molecule has 2 aromatic rings. The van der Waals surface area contributed by atoms with Crippen molar-refractivity contribution in [3.8, 4) is 11.5 Å². The molecule has 0 radical (unpaired) electrons. The summed E-state index contributed by atoms with van der Waals surface area (Å²) in [5.41, 5.74) is 0.106. The van der Waals surface area contributed by atoms with Gasteiger partial charge in [-0.05, 0) is 69.3 Å². The molecule has 0 saturated heterocycles. The van der Waals surface area contributed by atoms with Crippen molar-refractivity contribution in [1.29, 1.82) is 0 Å². The number of methoxy groups -OCH3 is 1. The molecule has 0 aromatic heterocycles. The van der Waals surface area contributed by atoms with Gasteiger partial charge in [0.25, 0.3) is 5.91 Å². The first-order chi connectivity index (χ1) is 12.9. The van der Waals surface area contributed by atoms with E-state index in [1.54, 1.807) is 45.2 Å². The quantitative estimate of drug-likeness (QED) is 0.698. The highest BCUT2D eigenvalue weighted by molar-refractivity contribution is 6.30. The van der Waals surface area contributed by atoms with E-state index in [4.69, 9.17) is 21.1 Å². The average molecular weight is 391 g/mol. The van der Waals surface area contributed by atoms with Gasteiger partial charge in [-0.2, -0.15) is 0 Å².